The van der Waals surface area contributed by atoms with E-state index in [4.69, 9.17) is 0 Å². The highest BCUT2D eigenvalue weighted by Crippen LogP contribution is 2.45. The molecule has 0 unspecified atom stereocenters. The molecule has 0 radical (unpaired) electrons. The molecule has 0 spiro atoms. The van der Waals surface area contributed by atoms with E-state index in [9.17, 15) is 4.79 Å². The Balaban J connectivity index is 1.28. The van der Waals surface area contributed by atoms with Crippen molar-refractivity contribution in [1.29, 1.82) is 0 Å². The van der Waals surface area contributed by atoms with E-state index in [0.29, 0.717) is 11.8 Å². The molecule has 3 heteroatoms. The van der Waals surface area contributed by atoms with Crippen LogP contribution in [0.2, 0.25) is 0 Å². The maximum atomic E-state index is 13.8. The van der Waals surface area contributed by atoms with Gasteiger partial charge < -0.3 is 0 Å². The molecule has 6 rings (SSSR count). The lowest BCUT2D eigenvalue weighted by Crippen LogP contribution is -2.19. The van der Waals surface area contributed by atoms with E-state index in [1.807, 2.05) is 0 Å². The molecule has 0 atom stereocenters. The summed E-state index contributed by atoms with van der Waals surface area (Å²) in [6.45, 7) is 6.93. The largest absolute Gasteiger partial charge is 0.299 e. The average molecular weight is 429 g/mol. The summed E-state index contributed by atoms with van der Waals surface area (Å²) < 4.78 is 0. The fourth-order valence-corrected chi connectivity index (χ4v) is 5.84. The van der Waals surface area contributed by atoms with Crippen LogP contribution >= 0.6 is 0 Å². The van der Waals surface area contributed by atoms with Crippen LogP contribution in [0.25, 0.3) is 0 Å². The lowest BCUT2D eigenvalue weighted by Gasteiger charge is -2.18. The van der Waals surface area contributed by atoms with Crippen molar-refractivity contribution in [2.45, 2.75) is 76.3 Å². The molecule has 2 aliphatic carbocycles. The van der Waals surface area contributed by atoms with Gasteiger partial charge in [-0.3, -0.25) is 14.6 Å². The second kappa shape index (κ2) is 8.76. The zero-order valence-electron chi connectivity index (χ0n) is 19.3. The summed E-state index contributed by atoms with van der Waals surface area (Å²) in [5, 5.41) is 0. The predicted octanol–water partition coefficient (Wildman–Crippen LogP) is 5.86. The first-order valence-corrected chi connectivity index (χ1v) is 13.0. The number of hydrogen-bond acceptors (Lipinski definition) is 3. The molecule has 2 heterocycles. The summed E-state index contributed by atoms with van der Waals surface area (Å²) in [5.41, 5.74) is 7.32. The molecular weight excluding hydrogens is 392 g/mol. The van der Waals surface area contributed by atoms with Gasteiger partial charge >= 0.3 is 0 Å². The van der Waals surface area contributed by atoms with Crippen LogP contribution < -0.4 is 0 Å². The van der Waals surface area contributed by atoms with E-state index in [0.717, 1.165) is 24.2 Å². The van der Waals surface area contributed by atoms with Gasteiger partial charge in [0.05, 0.1) is 0 Å². The summed E-state index contributed by atoms with van der Waals surface area (Å²) in [7, 11) is 0. The number of hydrogen-bond donors (Lipinski definition) is 0. The predicted molar refractivity (Wildman–Crippen MR) is 129 cm³/mol. The summed E-state index contributed by atoms with van der Waals surface area (Å²) in [6.07, 6.45) is 10.2. The average Bonchev–Trinajstić information content (AvgIpc) is 3.73. The quantitative estimate of drug-likeness (QED) is 0.492. The van der Waals surface area contributed by atoms with E-state index in [2.05, 4.69) is 46.2 Å². The molecule has 0 N–H and O–H groups in total. The molecule has 4 aliphatic rings. The number of rotatable bonds is 8. The minimum Gasteiger partial charge on any atom is -0.299 e. The third kappa shape index (κ3) is 4.43. The van der Waals surface area contributed by atoms with Crippen molar-refractivity contribution in [3.8, 4) is 0 Å². The van der Waals surface area contributed by atoms with Crippen LogP contribution in [0.4, 0.5) is 0 Å². The normalized spacial score (nSPS) is 22.0. The molecule has 0 aromatic heterocycles. The maximum Gasteiger partial charge on any atom is 0.193 e. The van der Waals surface area contributed by atoms with Crippen molar-refractivity contribution in [2.24, 2.45) is 0 Å². The van der Waals surface area contributed by atoms with Crippen LogP contribution in [-0.4, -0.2) is 41.8 Å². The smallest absolute Gasteiger partial charge is 0.193 e. The Hall–Kier alpha value is -1.97. The molecule has 3 nitrogen and oxygen atoms in total. The van der Waals surface area contributed by atoms with Crippen molar-refractivity contribution < 1.29 is 4.79 Å². The summed E-state index contributed by atoms with van der Waals surface area (Å²) in [4.78, 5) is 19.0. The third-order valence-corrected chi connectivity index (χ3v) is 7.97. The second-order valence-corrected chi connectivity index (χ2v) is 10.7. The first-order valence-electron chi connectivity index (χ1n) is 13.0. The number of benzene rings is 2. The highest BCUT2D eigenvalue weighted by molar-refractivity contribution is 6.11. The van der Waals surface area contributed by atoms with Gasteiger partial charge in [0.15, 0.2) is 5.78 Å². The molecule has 2 saturated heterocycles. The van der Waals surface area contributed by atoms with Crippen LogP contribution in [0.1, 0.15) is 101 Å². The summed E-state index contributed by atoms with van der Waals surface area (Å²) in [5.74, 6) is 1.44. The Morgan fingerprint density at radius 3 is 1.44 bits per heavy atom. The van der Waals surface area contributed by atoms with Crippen molar-refractivity contribution in [2.75, 3.05) is 26.2 Å². The van der Waals surface area contributed by atoms with Gasteiger partial charge in [-0.1, -0.05) is 36.4 Å². The van der Waals surface area contributed by atoms with Gasteiger partial charge in [0.25, 0.3) is 0 Å². The van der Waals surface area contributed by atoms with Gasteiger partial charge in [-0.15, -0.1) is 0 Å². The van der Waals surface area contributed by atoms with E-state index >= 15 is 0 Å². The van der Waals surface area contributed by atoms with E-state index in [-0.39, 0.29) is 5.78 Å². The Morgan fingerprint density at radius 1 is 0.656 bits per heavy atom. The van der Waals surface area contributed by atoms with Crippen LogP contribution in [0.15, 0.2) is 36.4 Å². The number of carbonyl (C=O) groups excluding carboxylic acids is 1. The number of likely N-dealkylation sites (tertiary alicyclic amines) is 2. The van der Waals surface area contributed by atoms with Gasteiger partial charge in [0, 0.05) is 24.2 Å². The van der Waals surface area contributed by atoms with Crippen LogP contribution in [-0.2, 0) is 13.1 Å². The van der Waals surface area contributed by atoms with Gasteiger partial charge in [-0.05, 0) is 112 Å². The van der Waals surface area contributed by atoms with Crippen molar-refractivity contribution in [3.63, 3.8) is 0 Å². The first kappa shape index (κ1) is 20.6. The van der Waals surface area contributed by atoms with Gasteiger partial charge in [0.1, 0.15) is 0 Å². The van der Waals surface area contributed by atoms with E-state index in [1.165, 1.54) is 99.8 Å². The molecule has 32 heavy (non-hydrogen) atoms. The highest BCUT2D eigenvalue weighted by atomic mass is 16.1. The fraction of sp³-hybridized carbons (Fsp3) is 0.552. The Bertz CT molecular complexity index is 913. The molecule has 0 amide bonds. The summed E-state index contributed by atoms with van der Waals surface area (Å²) in [6, 6.07) is 13.5. The topological polar surface area (TPSA) is 23.6 Å². The van der Waals surface area contributed by atoms with Gasteiger partial charge in [-0.2, -0.15) is 0 Å². The lowest BCUT2D eigenvalue weighted by atomic mass is 9.89. The Morgan fingerprint density at radius 2 is 1.06 bits per heavy atom. The fourth-order valence-electron chi connectivity index (χ4n) is 5.84. The zero-order valence-corrected chi connectivity index (χ0v) is 19.3. The highest BCUT2D eigenvalue weighted by Gasteiger charge is 2.32. The number of carbonyl (C=O) groups is 1. The zero-order chi connectivity index (χ0) is 21.5. The molecule has 4 fully saturated rings. The number of ketones is 1. The molecule has 2 aromatic rings. The minimum absolute atomic E-state index is 0.259. The molecule has 2 saturated carbocycles. The Labute approximate surface area is 192 Å². The second-order valence-electron chi connectivity index (χ2n) is 10.7. The van der Waals surface area contributed by atoms with Crippen molar-refractivity contribution >= 4 is 5.78 Å². The van der Waals surface area contributed by atoms with Gasteiger partial charge in [-0.25, -0.2) is 0 Å². The Kier molecular flexibility index (Phi) is 5.64. The SMILES string of the molecule is O=C(c1ccc(CN2CCCC2)cc1C1CC1)c1ccc(CN2CCCC2)cc1C1CC1. The molecule has 168 valence electrons. The molecule has 2 aromatic carbocycles. The van der Waals surface area contributed by atoms with Crippen LogP contribution in [0.3, 0.4) is 0 Å². The standard InChI is InChI=1S/C29H36N2O/c32-29(25-11-5-21(17-27(25)23-7-8-23)19-30-13-1-2-14-30)26-12-6-22(18-28(26)24-9-10-24)20-31-15-3-4-16-31/h5-6,11-12,17-18,23-24H,1-4,7-10,13-16,19-20H2. The van der Waals surface area contributed by atoms with Crippen molar-refractivity contribution in [3.05, 3.63) is 69.8 Å². The minimum atomic E-state index is 0.259. The number of nitrogens with zero attached hydrogens (tertiary/aromatic N) is 2. The molecular formula is C29H36N2O. The van der Waals surface area contributed by atoms with Crippen molar-refractivity contribution in [1.82, 2.24) is 9.80 Å². The van der Waals surface area contributed by atoms with Crippen LogP contribution in [0.5, 0.6) is 0 Å². The monoisotopic (exact) mass is 428 g/mol. The maximum absolute atomic E-state index is 13.8. The summed E-state index contributed by atoms with van der Waals surface area (Å²) >= 11 is 0. The van der Waals surface area contributed by atoms with E-state index < -0.39 is 0 Å². The molecule has 0 bridgehead atoms. The lowest BCUT2D eigenvalue weighted by molar-refractivity contribution is 0.103. The third-order valence-electron chi connectivity index (χ3n) is 7.97. The van der Waals surface area contributed by atoms with Gasteiger partial charge in [0.2, 0.25) is 0 Å². The molecule has 2 aliphatic heterocycles. The van der Waals surface area contributed by atoms with Crippen LogP contribution in [0, 0.1) is 0 Å². The first-order chi connectivity index (χ1) is 15.7. The van der Waals surface area contributed by atoms with E-state index in [1.54, 1.807) is 0 Å².